The molecule has 0 saturated heterocycles. The third kappa shape index (κ3) is 3.22. The van der Waals surface area contributed by atoms with Gasteiger partial charge in [0.1, 0.15) is 11.1 Å². The summed E-state index contributed by atoms with van der Waals surface area (Å²) < 4.78 is 17.5. The second kappa shape index (κ2) is 5.99. The molecule has 19 heavy (non-hydrogen) atoms. The predicted octanol–water partition coefficient (Wildman–Crippen LogP) is 2.77. The molecule has 2 unspecified atom stereocenters. The van der Waals surface area contributed by atoms with Gasteiger partial charge in [0.2, 0.25) is 0 Å². The van der Waals surface area contributed by atoms with Crippen LogP contribution < -0.4 is 10.5 Å². The molecule has 0 amide bonds. The van der Waals surface area contributed by atoms with Crippen molar-refractivity contribution in [2.45, 2.75) is 17.2 Å². The Morgan fingerprint density at radius 1 is 1.05 bits per heavy atom. The molecule has 0 aliphatic rings. The van der Waals surface area contributed by atoms with Crippen LogP contribution in [0, 0.1) is 6.92 Å². The van der Waals surface area contributed by atoms with Gasteiger partial charge in [-0.25, -0.2) is 0 Å². The molecule has 0 bridgehead atoms. The van der Waals surface area contributed by atoms with Gasteiger partial charge in [-0.05, 0) is 36.8 Å². The Kier molecular flexibility index (Phi) is 4.35. The number of benzene rings is 2. The van der Waals surface area contributed by atoms with E-state index < -0.39 is 16.2 Å². The van der Waals surface area contributed by atoms with Gasteiger partial charge in [-0.2, -0.15) is 0 Å². The van der Waals surface area contributed by atoms with Crippen molar-refractivity contribution >= 4 is 10.8 Å². The Morgan fingerprint density at radius 2 is 1.63 bits per heavy atom. The van der Waals surface area contributed by atoms with Crippen molar-refractivity contribution in [1.82, 2.24) is 0 Å². The molecule has 0 radical (unpaired) electrons. The number of hydrogen-bond acceptors (Lipinski definition) is 3. The zero-order chi connectivity index (χ0) is 13.8. The Morgan fingerprint density at radius 3 is 2.16 bits per heavy atom. The van der Waals surface area contributed by atoms with E-state index in [0.29, 0.717) is 0 Å². The summed E-state index contributed by atoms with van der Waals surface area (Å²) in [6.45, 7) is 2.00. The van der Waals surface area contributed by atoms with E-state index in [1.165, 1.54) is 0 Å². The number of hydrogen-bond donors (Lipinski definition) is 1. The van der Waals surface area contributed by atoms with Crippen LogP contribution >= 0.6 is 0 Å². The smallest absolute Gasteiger partial charge is 0.118 e. The van der Waals surface area contributed by atoms with Crippen molar-refractivity contribution in [3.8, 4) is 5.75 Å². The Labute approximate surface area is 115 Å². The molecule has 2 N–H and O–H groups in total. The number of methoxy groups -OCH3 is 1. The molecular weight excluding hydrogens is 258 g/mol. The second-order valence-corrected chi connectivity index (χ2v) is 5.88. The molecule has 0 aliphatic heterocycles. The monoisotopic (exact) mass is 275 g/mol. The largest absolute Gasteiger partial charge is 0.497 e. The van der Waals surface area contributed by atoms with Crippen molar-refractivity contribution in [3.63, 3.8) is 0 Å². The highest BCUT2D eigenvalue weighted by molar-refractivity contribution is 7.85. The molecule has 0 saturated carbocycles. The first-order chi connectivity index (χ1) is 9.11. The van der Waals surface area contributed by atoms with Crippen molar-refractivity contribution in [2.24, 2.45) is 5.73 Å². The van der Waals surface area contributed by atoms with Gasteiger partial charge >= 0.3 is 0 Å². The summed E-state index contributed by atoms with van der Waals surface area (Å²) >= 11 is 0. The van der Waals surface area contributed by atoms with E-state index in [2.05, 4.69) is 0 Å². The maximum Gasteiger partial charge on any atom is 0.118 e. The first-order valence-corrected chi connectivity index (χ1v) is 7.20. The van der Waals surface area contributed by atoms with Gasteiger partial charge in [0.05, 0.1) is 17.9 Å². The van der Waals surface area contributed by atoms with Crippen LogP contribution in [0.25, 0.3) is 0 Å². The summed E-state index contributed by atoms with van der Waals surface area (Å²) in [6.07, 6.45) is 0. The Balaban J connectivity index is 2.20. The molecule has 3 nitrogen and oxygen atoms in total. The van der Waals surface area contributed by atoms with E-state index in [0.717, 1.165) is 21.8 Å². The lowest BCUT2D eigenvalue weighted by molar-refractivity contribution is 0.414. The highest BCUT2D eigenvalue weighted by Crippen LogP contribution is 2.22. The lowest BCUT2D eigenvalue weighted by Crippen LogP contribution is -2.16. The summed E-state index contributed by atoms with van der Waals surface area (Å²) in [5.74, 6) is 0.761. The molecule has 0 heterocycles. The standard InChI is InChI=1S/C15H17NO2S/c1-11-3-9-14(10-4-11)19(17)15(16)12-5-7-13(18-2)8-6-12/h3-10,15H,16H2,1-2H3. The molecule has 0 fully saturated rings. The van der Waals surface area contributed by atoms with Crippen LogP contribution in [0.15, 0.2) is 53.4 Å². The van der Waals surface area contributed by atoms with Crippen LogP contribution in [0.4, 0.5) is 0 Å². The quantitative estimate of drug-likeness (QED) is 0.933. The molecule has 4 heteroatoms. The van der Waals surface area contributed by atoms with E-state index in [1.807, 2.05) is 55.5 Å². The summed E-state index contributed by atoms with van der Waals surface area (Å²) in [6, 6.07) is 14.9. The van der Waals surface area contributed by atoms with Crippen molar-refractivity contribution in [2.75, 3.05) is 7.11 Å². The van der Waals surface area contributed by atoms with Gasteiger partial charge in [-0.3, -0.25) is 4.21 Å². The second-order valence-electron chi connectivity index (χ2n) is 4.30. The highest BCUT2D eigenvalue weighted by atomic mass is 32.2. The zero-order valence-electron chi connectivity index (χ0n) is 11.0. The van der Waals surface area contributed by atoms with Gasteiger partial charge < -0.3 is 10.5 Å². The SMILES string of the molecule is COc1ccc(C(N)S(=O)c2ccc(C)cc2)cc1. The minimum atomic E-state index is -1.26. The topological polar surface area (TPSA) is 52.3 Å². The lowest BCUT2D eigenvalue weighted by Gasteiger charge is -2.12. The third-order valence-corrected chi connectivity index (χ3v) is 4.40. The molecule has 0 spiro atoms. The maximum absolute atomic E-state index is 12.4. The van der Waals surface area contributed by atoms with E-state index >= 15 is 0 Å². The molecular formula is C15H17NO2S. The number of rotatable bonds is 4. The van der Waals surface area contributed by atoms with Gasteiger partial charge in [-0.1, -0.05) is 29.8 Å². The fourth-order valence-corrected chi connectivity index (χ4v) is 2.84. The van der Waals surface area contributed by atoms with Crippen molar-refractivity contribution in [3.05, 3.63) is 59.7 Å². The van der Waals surface area contributed by atoms with E-state index in [4.69, 9.17) is 10.5 Å². The average molecular weight is 275 g/mol. The molecule has 2 atom stereocenters. The van der Waals surface area contributed by atoms with Gasteiger partial charge in [0.25, 0.3) is 0 Å². The van der Waals surface area contributed by atoms with Crippen LogP contribution in [0.5, 0.6) is 5.75 Å². The van der Waals surface area contributed by atoms with E-state index in [9.17, 15) is 4.21 Å². The fourth-order valence-electron chi connectivity index (χ4n) is 1.74. The summed E-state index contributed by atoms with van der Waals surface area (Å²) in [4.78, 5) is 0.744. The fraction of sp³-hybridized carbons (Fsp3) is 0.200. The van der Waals surface area contributed by atoms with Crippen LogP contribution in [-0.4, -0.2) is 11.3 Å². The first-order valence-electron chi connectivity index (χ1n) is 5.98. The molecule has 0 aliphatic carbocycles. The van der Waals surface area contributed by atoms with Gasteiger partial charge in [-0.15, -0.1) is 0 Å². The van der Waals surface area contributed by atoms with Crippen LogP contribution in [-0.2, 0) is 10.8 Å². The predicted molar refractivity (Wildman–Crippen MR) is 77.5 cm³/mol. The summed E-state index contributed by atoms with van der Waals surface area (Å²) in [5.41, 5.74) is 8.03. The minimum absolute atomic E-state index is 0.534. The zero-order valence-corrected chi connectivity index (χ0v) is 11.8. The molecule has 2 aromatic rings. The van der Waals surface area contributed by atoms with Crippen LogP contribution in [0.1, 0.15) is 16.5 Å². The molecule has 2 rings (SSSR count). The highest BCUT2D eigenvalue weighted by Gasteiger charge is 2.15. The van der Waals surface area contributed by atoms with Crippen LogP contribution in [0.2, 0.25) is 0 Å². The van der Waals surface area contributed by atoms with E-state index in [1.54, 1.807) is 7.11 Å². The molecule has 100 valence electrons. The Hall–Kier alpha value is -1.65. The third-order valence-electron chi connectivity index (χ3n) is 2.93. The van der Waals surface area contributed by atoms with Gasteiger partial charge in [0, 0.05) is 4.90 Å². The van der Waals surface area contributed by atoms with Crippen molar-refractivity contribution in [1.29, 1.82) is 0 Å². The average Bonchev–Trinajstić information content (AvgIpc) is 2.46. The molecule has 0 aromatic heterocycles. The van der Waals surface area contributed by atoms with E-state index in [-0.39, 0.29) is 0 Å². The number of nitrogens with two attached hydrogens (primary N) is 1. The summed E-state index contributed by atoms with van der Waals surface area (Å²) in [5, 5.41) is -0.534. The van der Waals surface area contributed by atoms with Crippen molar-refractivity contribution < 1.29 is 8.95 Å². The molecule has 2 aromatic carbocycles. The lowest BCUT2D eigenvalue weighted by atomic mass is 10.2. The first kappa shape index (κ1) is 13.8. The Bertz CT molecular complexity index is 564. The van der Waals surface area contributed by atoms with Gasteiger partial charge in [0.15, 0.2) is 0 Å². The normalized spacial score (nSPS) is 13.8. The number of aryl methyl sites for hydroxylation is 1. The number of ether oxygens (including phenoxy) is 1. The maximum atomic E-state index is 12.4. The summed E-state index contributed by atoms with van der Waals surface area (Å²) in [7, 11) is 0.351. The van der Waals surface area contributed by atoms with Crippen LogP contribution in [0.3, 0.4) is 0 Å². The minimum Gasteiger partial charge on any atom is -0.497 e.